The predicted molar refractivity (Wildman–Crippen MR) is 58.3 cm³/mol. The maximum absolute atomic E-state index is 11.3. The van der Waals surface area contributed by atoms with Crippen LogP contribution in [0.4, 0.5) is 5.69 Å². The molecule has 1 aromatic heterocycles. The molecule has 0 aliphatic carbocycles. The van der Waals surface area contributed by atoms with Crippen molar-refractivity contribution in [1.82, 2.24) is 9.97 Å². The Kier molecular flexibility index (Phi) is 2.77. The van der Waals surface area contributed by atoms with Gasteiger partial charge in [0.1, 0.15) is 11.5 Å². The van der Waals surface area contributed by atoms with Gasteiger partial charge in [0, 0.05) is 0 Å². The minimum atomic E-state index is -0.221. The van der Waals surface area contributed by atoms with Crippen molar-refractivity contribution in [3.8, 4) is 0 Å². The third-order valence-corrected chi connectivity index (χ3v) is 3.72. The first-order valence-electron chi connectivity index (χ1n) is 4.73. The van der Waals surface area contributed by atoms with Crippen molar-refractivity contribution in [2.24, 2.45) is 0 Å². The van der Waals surface area contributed by atoms with Gasteiger partial charge in [-0.2, -0.15) is 11.8 Å². The lowest BCUT2D eigenvalue weighted by atomic mass is 10.2. The number of rotatable bonds is 1. The number of aromatic amines is 1. The maximum Gasteiger partial charge on any atom is 0.274 e. The average molecular weight is 211 g/mol. The number of hydrogen-bond donors (Lipinski definition) is 2. The molecular weight excluding hydrogens is 198 g/mol. The lowest BCUT2D eigenvalue weighted by molar-refractivity contribution is 0.660. The quantitative estimate of drug-likeness (QED) is 0.734. The highest BCUT2D eigenvalue weighted by Crippen LogP contribution is 2.35. The first kappa shape index (κ1) is 9.58. The summed E-state index contributed by atoms with van der Waals surface area (Å²) in [6.45, 7) is 0. The molecule has 0 bridgehead atoms. The van der Waals surface area contributed by atoms with Crippen molar-refractivity contribution in [3.63, 3.8) is 0 Å². The normalized spacial score (nSPS) is 22.1. The third-order valence-electron chi connectivity index (χ3n) is 2.33. The molecule has 4 nitrogen and oxygen atoms in total. The Bertz CT molecular complexity index is 371. The summed E-state index contributed by atoms with van der Waals surface area (Å²) in [6.07, 6.45) is 5.02. The minimum absolute atomic E-state index is 0.189. The summed E-state index contributed by atoms with van der Waals surface area (Å²) in [5.41, 5.74) is 5.37. The SMILES string of the molecule is Nc1cnc(C2CCCCS2)[nH]c1=O. The molecule has 0 radical (unpaired) electrons. The molecule has 2 heterocycles. The van der Waals surface area contributed by atoms with Gasteiger partial charge in [0.05, 0.1) is 11.4 Å². The Morgan fingerprint density at radius 2 is 2.43 bits per heavy atom. The van der Waals surface area contributed by atoms with E-state index in [1.807, 2.05) is 11.8 Å². The van der Waals surface area contributed by atoms with E-state index in [-0.39, 0.29) is 11.2 Å². The Hall–Kier alpha value is -0.970. The van der Waals surface area contributed by atoms with Crippen LogP contribution >= 0.6 is 11.8 Å². The summed E-state index contributed by atoms with van der Waals surface area (Å²) in [5, 5.41) is 0.344. The van der Waals surface area contributed by atoms with Crippen LogP contribution in [0.5, 0.6) is 0 Å². The summed E-state index contributed by atoms with van der Waals surface area (Å²) < 4.78 is 0. The summed E-state index contributed by atoms with van der Waals surface area (Å²) in [7, 11) is 0. The van der Waals surface area contributed by atoms with Gasteiger partial charge in [-0.1, -0.05) is 6.42 Å². The zero-order valence-electron chi connectivity index (χ0n) is 7.82. The van der Waals surface area contributed by atoms with Crippen LogP contribution in [0, 0.1) is 0 Å². The molecule has 0 saturated carbocycles. The second kappa shape index (κ2) is 4.04. The van der Waals surface area contributed by atoms with Gasteiger partial charge in [-0.15, -0.1) is 0 Å². The van der Waals surface area contributed by atoms with Crippen molar-refractivity contribution in [1.29, 1.82) is 0 Å². The second-order valence-corrected chi connectivity index (χ2v) is 4.72. The van der Waals surface area contributed by atoms with Gasteiger partial charge < -0.3 is 10.7 Å². The molecule has 0 amide bonds. The molecule has 14 heavy (non-hydrogen) atoms. The van der Waals surface area contributed by atoms with E-state index in [2.05, 4.69) is 9.97 Å². The lowest BCUT2D eigenvalue weighted by Crippen LogP contribution is -2.17. The predicted octanol–water partition coefficient (Wildman–Crippen LogP) is 1.31. The number of anilines is 1. The topological polar surface area (TPSA) is 71.8 Å². The monoisotopic (exact) mass is 211 g/mol. The van der Waals surface area contributed by atoms with E-state index in [1.165, 1.54) is 19.0 Å². The van der Waals surface area contributed by atoms with E-state index >= 15 is 0 Å². The Balaban J connectivity index is 2.23. The zero-order chi connectivity index (χ0) is 9.97. The molecule has 1 saturated heterocycles. The van der Waals surface area contributed by atoms with E-state index in [4.69, 9.17) is 5.73 Å². The first-order valence-corrected chi connectivity index (χ1v) is 5.78. The van der Waals surface area contributed by atoms with Crippen LogP contribution in [0.25, 0.3) is 0 Å². The molecule has 5 heteroatoms. The highest BCUT2D eigenvalue weighted by Gasteiger charge is 2.18. The van der Waals surface area contributed by atoms with Crippen molar-refractivity contribution in [2.75, 3.05) is 11.5 Å². The van der Waals surface area contributed by atoms with Crippen LogP contribution in [0.3, 0.4) is 0 Å². The van der Waals surface area contributed by atoms with E-state index in [0.717, 1.165) is 18.0 Å². The molecule has 0 spiro atoms. The Morgan fingerprint density at radius 3 is 3.07 bits per heavy atom. The van der Waals surface area contributed by atoms with Crippen LogP contribution in [-0.4, -0.2) is 15.7 Å². The van der Waals surface area contributed by atoms with Gasteiger partial charge in [0.25, 0.3) is 5.56 Å². The first-order chi connectivity index (χ1) is 6.77. The molecular formula is C9H13N3OS. The number of nitrogens with one attached hydrogen (secondary N) is 1. The smallest absolute Gasteiger partial charge is 0.274 e. The van der Waals surface area contributed by atoms with E-state index in [9.17, 15) is 4.79 Å². The molecule has 76 valence electrons. The molecule has 1 atom stereocenters. The molecule has 1 aliphatic heterocycles. The fraction of sp³-hybridized carbons (Fsp3) is 0.556. The standard InChI is InChI=1S/C9H13N3OS/c10-6-5-11-8(12-9(6)13)7-3-1-2-4-14-7/h5,7H,1-4,10H2,(H,11,12,13). The molecule has 1 fully saturated rings. The van der Waals surface area contributed by atoms with E-state index < -0.39 is 0 Å². The van der Waals surface area contributed by atoms with Crippen LogP contribution < -0.4 is 11.3 Å². The van der Waals surface area contributed by atoms with Gasteiger partial charge in [-0.3, -0.25) is 4.79 Å². The number of nitrogens with zero attached hydrogens (tertiary/aromatic N) is 1. The Labute approximate surface area is 86.3 Å². The van der Waals surface area contributed by atoms with Crippen molar-refractivity contribution < 1.29 is 0 Å². The van der Waals surface area contributed by atoms with Crippen molar-refractivity contribution in [3.05, 3.63) is 22.4 Å². The van der Waals surface area contributed by atoms with Gasteiger partial charge in [-0.25, -0.2) is 4.98 Å². The van der Waals surface area contributed by atoms with Crippen molar-refractivity contribution in [2.45, 2.75) is 24.5 Å². The van der Waals surface area contributed by atoms with Gasteiger partial charge >= 0.3 is 0 Å². The fourth-order valence-corrected chi connectivity index (χ4v) is 2.80. The second-order valence-electron chi connectivity index (χ2n) is 3.41. The van der Waals surface area contributed by atoms with Crippen LogP contribution in [0.15, 0.2) is 11.0 Å². The van der Waals surface area contributed by atoms with Crippen LogP contribution in [-0.2, 0) is 0 Å². The van der Waals surface area contributed by atoms with Crippen LogP contribution in [0.1, 0.15) is 30.3 Å². The molecule has 1 aromatic rings. The van der Waals surface area contributed by atoms with Gasteiger partial charge in [0.2, 0.25) is 0 Å². The summed E-state index contributed by atoms with van der Waals surface area (Å²) in [5.74, 6) is 1.92. The third kappa shape index (κ3) is 1.92. The highest BCUT2D eigenvalue weighted by molar-refractivity contribution is 7.99. The molecule has 0 aromatic carbocycles. The van der Waals surface area contributed by atoms with Crippen molar-refractivity contribution >= 4 is 17.4 Å². The van der Waals surface area contributed by atoms with Gasteiger partial charge in [-0.05, 0) is 18.6 Å². The number of H-pyrrole nitrogens is 1. The van der Waals surface area contributed by atoms with Gasteiger partial charge in [0.15, 0.2) is 0 Å². The zero-order valence-corrected chi connectivity index (χ0v) is 8.64. The average Bonchev–Trinajstić information content (AvgIpc) is 2.23. The number of nitrogens with two attached hydrogens (primary N) is 1. The number of hydrogen-bond acceptors (Lipinski definition) is 4. The summed E-state index contributed by atoms with van der Waals surface area (Å²) >= 11 is 1.86. The largest absolute Gasteiger partial charge is 0.393 e. The number of nitrogen functional groups attached to an aromatic ring is 1. The molecule has 3 N–H and O–H groups in total. The van der Waals surface area contributed by atoms with E-state index in [1.54, 1.807) is 0 Å². The molecule has 1 aliphatic rings. The maximum atomic E-state index is 11.3. The highest BCUT2D eigenvalue weighted by atomic mass is 32.2. The number of aromatic nitrogens is 2. The Morgan fingerprint density at radius 1 is 1.57 bits per heavy atom. The summed E-state index contributed by atoms with van der Waals surface area (Å²) in [4.78, 5) is 18.1. The van der Waals surface area contributed by atoms with E-state index in [0.29, 0.717) is 5.25 Å². The minimum Gasteiger partial charge on any atom is -0.393 e. The molecule has 2 rings (SSSR count). The fourth-order valence-electron chi connectivity index (χ4n) is 1.54. The van der Waals surface area contributed by atoms with Crippen LogP contribution in [0.2, 0.25) is 0 Å². The lowest BCUT2D eigenvalue weighted by Gasteiger charge is -2.19. The summed E-state index contributed by atoms with van der Waals surface area (Å²) in [6, 6.07) is 0. The molecule has 1 unspecified atom stereocenters. The number of thioether (sulfide) groups is 1.